The number of amides is 1. The molecule has 0 atom stereocenters. The summed E-state index contributed by atoms with van der Waals surface area (Å²) >= 11 is 0. The number of aromatic amines is 1. The highest BCUT2D eigenvalue weighted by Gasteiger charge is 2.12. The maximum Gasteiger partial charge on any atom is 0.251 e. The van der Waals surface area contributed by atoms with E-state index in [9.17, 15) is 4.79 Å². The fourth-order valence-electron chi connectivity index (χ4n) is 4.48. The molecule has 4 aromatic rings. The van der Waals surface area contributed by atoms with Crippen LogP contribution in [-0.4, -0.2) is 36.3 Å². The van der Waals surface area contributed by atoms with Crippen LogP contribution in [0.5, 0.6) is 5.75 Å². The minimum atomic E-state index is -0.113. The molecule has 2 N–H and O–H groups in total. The normalized spacial score (nSPS) is 13.5. The Labute approximate surface area is 205 Å². The predicted octanol–water partition coefficient (Wildman–Crippen LogP) is 5.67. The second-order valence-corrected chi connectivity index (χ2v) is 8.87. The quantitative estimate of drug-likeness (QED) is 0.368. The smallest absolute Gasteiger partial charge is 0.251 e. The molecule has 0 unspecified atom stereocenters. The maximum atomic E-state index is 12.6. The van der Waals surface area contributed by atoms with Crippen molar-refractivity contribution in [1.82, 2.24) is 15.5 Å². The Morgan fingerprint density at radius 3 is 2.43 bits per heavy atom. The van der Waals surface area contributed by atoms with Gasteiger partial charge in [0.15, 0.2) is 0 Å². The van der Waals surface area contributed by atoms with E-state index < -0.39 is 0 Å². The molecule has 5 rings (SSSR count). The van der Waals surface area contributed by atoms with Crippen LogP contribution in [0.3, 0.4) is 0 Å². The summed E-state index contributed by atoms with van der Waals surface area (Å²) in [5, 5.41) is 10.6. The third kappa shape index (κ3) is 5.38. The largest absolute Gasteiger partial charge is 0.497 e. The highest BCUT2D eigenvalue weighted by Crippen LogP contribution is 2.27. The second-order valence-electron chi connectivity index (χ2n) is 8.87. The van der Waals surface area contributed by atoms with Crippen molar-refractivity contribution in [2.75, 3.05) is 25.1 Å². The summed E-state index contributed by atoms with van der Waals surface area (Å²) in [7, 11) is 1.63. The van der Waals surface area contributed by atoms with E-state index >= 15 is 0 Å². The lowest BCUT2D eigenvalue weighted by molar-refractivity contribution is 0.0951. The third-order valence-electron chi connectivity index (χ3n) is 6.51. The van der Waals surface area contributed by atoms with Crippen molar-refractivity contribution in [2.24, 2.45) is 0 Å². The van der Waals surface area contributed by atoms with Gasteiger partial charge in [-0.15, -0.1) is 0 Å². The van der Waals surface area contributed by atoms with Crippen LogP contribution in [0, 0.1) is 0 Å². The van der Waals surface area contributed by atoms with Crippen molar-refractivity contribution in [3.8, 4) is 28.3 Å². The van der Waals surface area contributed by atoms with E-state index in [-0.39, 0.29) is 5.91 Å². The van der Waals surface area contributed by atoms with Crippen molar-refractivity contribution in [1.29, 1.82) is 0 Å². The Morgan fingerprint density at radius 1 is 0.943 bits per heavy atom. The fraction of sp³-hybridized carbons (Fsp3) is 0.241. The van der Waals surface area contributed by atoms with Crippen LogP contribution in [0.1, 0.15) is 35.2 Å². The van der Waals surface area contributed by atoms with Gasteiger partial charge in [-0.1, -0.05) is 36.4 Å². The van der Waals surface area contributed by atoms with E-state index in [1.165, 1.54) is 24.9 Å². The van der Waals surface area contributed by atoms with Crippen molar-refractivity contribution < 1.29 is 9.53 Å². The number of piperidine rings is 1. The monoisotopic (exact) mass is 466 g/mol. The number of ether oxygens (including phenoxy) is 1. The van der Waals surface area contributed by atoms with Crippen LogP contribution in [0.4, 0.5) is 5.69 Å². The zero-order valence-electron chi connectivity index (χ0n) is 20.0. The summed E-state index contributed by atoms with van der Waals surface area (Å²) in [6.45, 7) is 2.72. The van der Waals surface area contributed by atoms with E-state index in [1.807, 2.05) is 54.6 Å². The summed E-state index contributed by atoms with van der Waals surface area (Å²) in [5.74, 6) is 0.663. The van der Waals surface area contributed by atoms with Gasteiger partial charge in [0.25, 0.3) is 5.91 Å². The molecule has 0 saturated carbocycles. The Morgan fingerprint density at radius 2 is 1.69 bits per heavy atom. The summed E-state index contributed by atoms with van der Waals surface area (Å²) in [6, 6.07) is 25.9. The maximum absolute atomic E-state index is 12.6. The average molecular weight is 467 g/mol. The lowest BCUT2D eigenvalue weighted by Crippen LogP contribution is -2.29. The van der Waals surface area contributed by atoms with Gasteiger partial charge in [-0.2, -0.15) is 5.10 Å². The summed E-state index contributed by atoms with van der Waals surface area (Å²) in [5.41, 5.74) is 6.78. The van der Waals surface area contributed by atoms with Crippen molar-refractivity contribution >= 4 is 11.6 Å². The summed E-state index contributed by atoms with van der Waals surface area (Å²) in [6.07, 6.45) is 3.87. The molecule has 1 fully saturated rings. The van der Waals surface area contributed by atoms with Gasteiger partial charge in [0.2, 0.25) is 0 Å². The molecule has 35 heavy (non-hydrogen) atoms. The zero-order valence-corrected chi connectivity index (χ0v) is 20.0. The van der Waals surface area contributed by atoms with Crippen LogP contribution in [0.15, 0.2) is 78.9 Å². The minimum Gasteiger partial charge on any atom is -0.497 e. The molecule has 0 aliphatic carbocycles. The van der Waals surface area contributed by atoms with Gasteiger partial charge in [-0.3, -0.25) is 9.89 Å². The molecule has 1 aromatic heterocycles. The first-order valence-corrected chi connectivity index (χ1v) is 12.1. The van der Waals surface area contributed by atoms with Gasteiger partial charge in [0.1, 0.15) is 5.75 Å². The molecule has 0 spiro atoms. The van der Waals surface area contributed by atoms with E-state index in [4.69, 9.17) is 4.74 Å². The number of carbonyl (C=O) groups excluding carboxylic acids is 1. The fourth-order valence-corrected chi connectivity index (χ4v) is 4.48. The highest BCUT2D eigenvalue weighted by atomic mass is 16.5. The number of methoxy groups -OCH3 is 1. The Kier molecular flexibility index (Phi) is 6.80. The van der Waals surface area contributed by atoms with Gasteiger partial charge < -0.3 is 15.0 Å². The van der Waals surface area contributed by atoms with Crippen LogP contribution < -0.4 is 15.0 Å². The SMILES string of the molecule is COc1cccc(CNC(=O)c2ccc(-c3cc(-c4ccc(N5CCCCC5)cc4)n[nH]3)cc2)c1. The number of H-pyrrole nitrogens is 1. The topological polar surface area (TPSA) is 70.2 Å². The molecule has 1 aliphatic heterocycles. The second kappa shape index (κ2) is 10.5. The van der Waals surface area contributed by atoms with Crippen molar-refractivity contribution in [3.05, 3.63) is 90.0 Å². The lowest BCUT2D eigenvalue weighted by Gasteiger charge is -2.28. The zero-order chi connectivity index (χ0) is 24.0. The predicted molar refractivity (Wildman–Crippen MR) is 140 cm³/mol. The van der Waals surface area contributed by atoms with Crippen molar-refractivity contribution in [2.45, 2.75) is 25.8 Å². The first-order chi connectivity index (χ1) is 17.2. The molecular weight excluding hydrogens is 436 g/mol. The van der Waals surface area contributed by atoms with Crippen LogP contribution in [0.25, 0.3) is 22.5 Å². The molecule has 1 amide bonds. The van der Waals surface area contributed by atoms with Crippen molar-refractivity contribution in [3.63, 3.8) is 0 Å². The Bertz CT molecular complexity index is 1270. The summed E-state index contributed by atoms with van der Waals surface area (Å²) < 4.78 is 5.24. The number of rotatable bonds is 7. The van der Waals surface area contributed by atoms with Gasteiger partial charge >= 0.3 is 0 Å². The molecule has 0 bridgehead atoms. The molecule has 2 heterocycles. The van der Waals surface area contributed by atoms with E-state index in [0.717, 1.165) is 46.9 Å². The van der Waals surface area contributed by atoms with E-state index in [1.54, 1.807) is 7.11 Å². The molecular formula is C29H30N4O2. The van der Waals surface area contributed by atoms with Gasteiger partial charge in [-0.05, 0) is 72.9 Å². The standard InChI is InChI=1S/C29H30N4O2/c1-35-26-7-5-6-21(18-26)20-30-29(34)24-10-8-22(9-11-24)27-19-28(32-31-27)23-12-14-25(15-13-23)33-16-3-2-4-17-33/h5-15,18-19H,2-4,16-17,20H2,1H3,(H,30,34)(H,31,32). The highest BCUT2D eigenvalue weighted by molar-refractivity contribution is 5.94. The molecule has 1 saturated heterocycles. The van der Waals surface area contributed by atoms with Crippen LogP contribution in [0.2, 0.25) is 0 Å². The lowest BCUT2D eigenvalue weighted by atomic mass is 10.1. The molecule has 178 valence electrons. The molecule has 1 aliphatic rings. The summed E-state index contributed by atoms with van der Waals surface area (Å²) in [4.78, 5) is 15.0. The Balaban J connectivity index is 1.22. The average Bonchev–Trinajstić information content (AvgIpc) is 3.43. The van der Waals surface area contributed by atoms with Gasteiger partial charge in [-0.25, -0.2) is 0 Å². The van der Waals surface area contributed by atoms with Crippen LogP contribution in [-0.2, 0) is 6.54 Å². The number of hydrogen-bond acceptors (Lipinski definition) is 4. The number of carbonyl (C=O) groups is 1. The number of anilines is 1. The van der Waals surface area contributed by atoms with Crippen LogP contribution >= 0.6 is 0 Å². The van der Waals surface area contributed by atoms with E-state index in [0.29, 0.717) is 12.1 Å². The minimum absolute atomic E-state index is 0.113. The van der Waals surface area contributed by atoms with E-state index in [2.05, 4.69) is 44.7 Å². The Hall–Kier alpha value is -4.06. The third-order valence-corrected chi connectivity index (χ3v) is 6.51. The number of nitrogens with zero attached hydrogens (tertiary/aromatic N) is 2. The number of aromatic nitrogens is 2. The molecule has 3 aromatic carbocycles. The van der Waals surface area contributed by atoms with Gasteiger partial charge in [0, 0.05) is 36.4 Å². The molecule has 6 nitrogen and oxygen atoms in total. The van der Waals surface area contributed by atoms with Gasteiger partial charge in [0.05, 0.1) is 18.5 Å². The number of benzene rings is 3. The first-order valence-electron chi connectivity index (χ1n) is 12.1. The molecule has 6 heteroatoms. The first kappa shape index (κ1) is 22.7. The number of nitrogens with one attached hydrogen (secondary N) is 2. The number of hydrogen-bond donors (Lipinski definition) is 2. The molecule has 0 radical (unpaired) electrons.